The van der Waals surface area contributed by atoms with Gasteiger partial charge in [0, 0.05) is 36.3 Å². The average Bonchev–Trinajstić information content (AvgIpc) is 3.47. The van der Waals surface area contributed by atoms with Gasteiger partial charge in [0.25, 0.3) is 0 Å². The van der Waals surface area contributed by atoms with E-state index in [1.54, 1.807) is 19.1 Å². The number of fused-ring (bicyclic) bond motifs is 1. The van der Waals surface area contributed by atoms with Gasteiger partial charge >= 0.3 is 6.09 Å². The van der Waals surface area contributed by atoms with Gasteiger partial charge in [-0.1, -0.05) is 11.8 Å². The molecule has 0 spiro atoms. The summed E-state index contributed by atoms with van der Waals surface area (Å²) in [5.74, 6) is 8.80. The first-order chi connectivity index (χ1) is 17.7. The molecule has 3 aromatic rings. The van der Waals surface area contributed by atoms with Crippen molar-refractivity contribution in [3.8, 4) is 23.3 Å². The smallest absolute Gasteiger partial charge is 0.410 e. The molecule has 2 fully saturated rings. The Morgan fingerprint density at radius 3 is 2.38 bits per heavy atom. The van der Waals surface area contributed by atoms with E-state index in [0.29, 0.717) is 36.3 Å². The van der Waals surface area contributed by atoms with Crippen LogP contribution in [-0.2, 0) is 4.74 Å². The molecule has 0 unspecified atom stereocenters. The summed E-state index contributed by atoms with van der Waals surface area (Å²) in [4.78, 5) is 23.5. The summed E-state index contributed by atoms with van der Waals surface area (Å²) in [7, 11) is 3.23. The fraction of sp³-hybridized carbons (Fsp3) is 0.464. The number of carbonyl (C=O) groups is 1. The topological polar surface area (TPSA) is 105 Å². The Morgan fingerprint density at radius 2 is 1.76 bits per heavy atom. The van der Waals surface area contributed by atoms with E-state index in [1.807, 2.05) is 39.0 Å². The van der Waals surface area contributed by atoms with Crippen LogP contribution in [0.25, 0.3) is 11.0 Å². The number of amides is 1. The van der Waals surface area contributed by atoms with E-state index in [2.05, 4.69) is 26.4 Å². The Bertz CT molecular complexity index is 1390. The van der Waals surface area contributed by atoms with Crippen LogP contribution in [0.3, 0.4) is 0 Å². The van der Waals surface area contributed by atoms with Gasteiger partial charge in [0.2, 0.25) is 0 Å². The normalized spacial score (nSPS) is 17.4. The minimum atomic E-state index is -0.540. The highest BCUT2D eigenvalue weighted by Crippen LogP contribution is 2.47. The van der Waals surface area contributed by atoms with E-state index < -0.39 is 5.60 Å². The molecular weight excluding hydrogens is 470 g/mol. The monoisotopic (exact) mass is 503 g/mol. The van der Waals surface area contributed by atoms with Crippen LogP contribution in [0.15, 0.2) is 24.5 Å². The third kappa shape index (κ3) is 5.01. The Labute approximate surface area is 216 Å². The van der Waals surface area contributed by atoms with Crippen molar-refractivity contribution in [2.45, 2.75) is 57.6 Å². The number of nitrogen functional groups attached to an aromatic ring is 1. The minimum Gasteiger partial charge on any atom is -0.497 e. The summed E-state index contributed by atoms with van der Waals surface area (Å²) < 4.78 is 18.7. The molecule has 2 aromatic heterocycles. The largest absolute Gasteiger partial charge is 0.497 e. The zero-order chi connectivity index (χ0) is 26.3. The zero-order valence-corrected chi connectivity index (χ0v) is 22.0. The molecule has 5 rings (SSSR count). The molecule has 2 N–H and O–H groups in total. The number of anilines is 1. The molecule has 37 heavy (non-hydrogen) atoms. The van der Waals surface area contributed by atoms with Crippen LogP contribution in [0.1, 0.15) is 68.8 Å². The van der Waals surface area contributed by atoms with Gasteiger partial charge in [-0.3, -0.25) is 0 Å². The summed E-state index contributed by atoms with van der Waals surface area (Å²) in [5, 5.41) is 0.766. The first-order valence-corrected chi connectivity index (χ1v) is 12.6. The quantitative estimate of drug-likeness (QED) is 0.523. The van der Waals surface area contributed by atoms with Crippen LogP contribution in [-0.4, -0.2) is 58.4 Å². The maximum atomic E-state index is 12.8. The average molecular weight is 504 g/mol. The van der Waals surface area contributed by atoms with Crippen LogP contribution in [0.5, 0.6) is 11.5 Å². The van der Waals surface area contributed by atoms with Crippen LogP contribution < -0.4 is 15.2 Å². The number of nitrogens with zero attached hydrogens (tertiary/aromatic N) is 4. The highest BCUT2D eigenvalue weighted by Gasteiger charge is 2.38. The predicted molar refractivity (Wildman–Crippen MR) is 141 cm³/mol. The van der Waals surface area contributed by atoms with Crippen LogP contribution in [0.4, 0.5) is 10.6 Å². The van der Waals surface area contributed by atoms with Crippen molar-refractivity contribution in [3.63, 3.8) is 0 Å². The number of ether oxygens (including phenoxy) is 3. The van der Waals surface area contributed by atoms with Crippen molar-refractivity contribution in [2.75, 3.05) is 33.0 Å². The molecule has 0 radical (unpaired) electrons. The lowest BCUT2D eigenvalue weighted by Crippen LogP contribution is -2.35. The maximum absolute atomic E-state index is 12.8. The number of hydrogen-bond acceptors (Lipinski definition) is 7. The van der Waals surface area contributed by atoms with E-state index in [-0.39, 0.29) is 12.1 Å². The van der Waals surface area contributed by atoms with Gasteiger partial charge in [0.1, 0.15) is 34.9 Å². The van der Waals surface area contributed by atoms with Crippen molar-refractivity contribution in [2.24, 2.45) is 0 Å². The number of aromatic nitrogens is 3. The molecule has 1 aromatic carbocycles. The van der Waals surface area contributed by atoms with Crippen LogP contribution in [0.2, 0.25) is 0 Å². The maximum Gasteiger partial charge on any atom is 0.410 e. The van der Waals surface area contributed by atoms with Gasteiger partial charge in [0.15, 0.2) is 0 Å². The molecule has 1 amide bonds. The standard InChI is InChI=1S/C28H33N5O4/c1-28(2,3)37-27(34)32-11-10-19(15-32)33-24(18-7-8-18)22(23-25(29)30-16-31-26(23)33)9-6-17-12-20(35-4)14-21(13-17)36-5/h12-14,16,18-19H,7-8,10-11,15H2,1-5H3,(H2,29,30,31)/t19-/m0/s1. The molecule has 194 valence electrons. The minimum absolute atomic E-state index is 0.0485. The van der Waals surface area contributed by atoms with E-state index in [4.69, 9.17) is 19.9 Å². The number of methoxy groups -OCH3 is 2. The SMILES string of the molecule is COc1cc(C#Cc2c(C3CC3)n([C@H]3CCN(C(=O)OC(C)(C)C)C3)c3ncnc(N)c23)cc(OC)c1. The van der Waals surface area contributed by atoms with Gasteiger partial charge < -0.3 is 29.4 Å². The van der Waals surface area contributed by atoms with Crippen LogP contribution in [0, 0.1) is 11.8 Å². The lowest BCUT2D eigenvalue weighted by Gasteiger charge is -2.25. The summed E-state index contributed by atoms with van der Waals surface area (Å²) in [5.41, 5.74) is 9.38. The van der Waals surface area contributed by atoms with Gasteiger partial charge in [-0.25, -0.2) is 14.8 Å². The van der Waals surface area contributed by atoms with Crippen molar-refractivity contribution in [1.82, 2.24) is 19.4 Å². The molecule has 9 nitrogen and oxygen atoms in total. The molecular formula is C28H33N5O4. The summed E-state index contributed by atoms with van der Waals surface area (Å²) in [6.07, 6.45) is 4.16. The van der Waals surface area contributed by atoms with E-state index in [1.165, 1.54) is 6.33 Å². The van der Waals surface area contributed by atoms with Crippen molar-refractivity contribution >= 4 is 22.9 Å². The zero-order valence-electron chi connectivity index (χ0n) is 22.0. The Balaban J connectivity index is 1.59. The Hall–Kier alpha value is -3.93. The number of hydrogen-bond donors (Lipinski definition) is 1. The summed E-state index contributed by atoms with van der Waals surface area (Å²) >= 11 is 0. The lowest BCUT2D eigenvalue weighted by molar-refractivity contribution is 0.0289. The predicted octanol–water partition coefficient (Wildman–Crippen LogP) is 4.49. The van der Waals surface area contributed by atoms with Gasteiger partial charge in [-0.2, -0.15) is 0 Å². The summed E-state index contributed by atoms with van der Waals surface area (Å²) in [6, 6.07) is 5.62. The molecule has 1 atom stereocenters. The Kier molecular flexibility index (Phi) is 6.36. The van der Waals surface area contributed by atoms with Crippen LogP contribution >= 0.6 is 0 Å². The van der Waals surface area contributed by atoms with Crippen molar-refractivity contribution in [3.05, 3.63) is 41.3 Å². The number of rotatable bonds is 4. The molecule has 2 aliphatic rings. The van der Waals surface area contributed by atoms with E-state index >= 15 is 0 Å². The fourth-order valence-corrected chi connectivity index (χ4v) is 4.89. The number of benzene rings is 1. The highest BCUT2D eigenvalue weighted by molar-refractivity contribution is 5.94. The first-order valence-electron chi connectivity index (χ1n) is 12.6. The second kappa shape index (κ2) is 9.51. The molecule has 3 heterocycles. The summed E-state index contributed by atoms with van der Waals surface area (Å²) in [6.45, 7) is 6.81. The third-order valence-electron chi connectivity index (χ3n) is 6.68. The number of carbonyl (C=O) groups excluding carboxylic acids is 1. The first kappa shape index (κ1) is 24.8. The van der Waals surface area contributed by atoms with Gasteiger partial charge in [-0.05, 0) is 52.2 Å². The molecule has 1 aliphatic carbocycles. The number of nitrogens with two attached hydrogens (primary N) is 1. The molecule has 9 heteroatoms. The van der Waals surface area contributed by atoms with E-state index in [0.717, 1.165) is 47.1 Å². The van der Waals surface area contributed by atoms with Crippen molar-refractivity contribution < 1.29 is 19.0 Å². The third-order valence-corrected chi connectivity index (χ3v) is 6.68. The van der Waals surface area contributed by atoms with E-state index in [9.17, 15) is 4.79 Å². The van der Waals surface area contributed by atoms with Crippen molar-refractivity contribution in [1.29, 1.82) is 0 Å². The second-order valence-corrected chi connectivity index (χ2v) is 10.6. The molecule has 1 saturated carbocycles. The molecule has 0 bridgehead atoms. The second-order valence-electron chi connectivity index (χ2n) is 10.6. The number of likely N-dealkylation sites (tertiary alicyclic amines) is 1. The molecule has 1 aliphatic heterocycles. The van der Waals surface area contributed by atoms with Gasteiger partial charge in [0.05, 0.1) is 31.2 Å². The Morgan fingerprint density at radius 1 is 1.05 bits per heavy atom. The fourth-order valence-electron chi connectivity index (χ4n) is 4.89. The lowest BCUT2D eigenvalue weighted by atomic mass is 10.1. The molecule has 1 saturated heterocycles. The van der Waals surface area contributed by atoms with Gasteiger partial charge in [-0.15, -0.1) is 0 Å². The highest BCUT2D eigenvalue weighted by atomic mass is 16.6.